The highest BCUT2D eigenvalue weighted by Crippen LogP contribution is 2.34. The zero-order chi connectivity index (χ0) is 18.6. The van der Waals surface area contributed by atoms with Crippen molar-refractivity contribution in [3.63, 3.8) is 0 Å². The molecule has 5 nitrogen and oxygen atoms in total. The van der Waals surface area contributed by atoms with Gasteiger partial charge in [0, 0.05) is 35.0 Å². The molecular weight excluding hydrogens is 360 g/mol. The molecule has 0 aliphatic carbocycles. The molecule has 0 atom stereocenters. The number of likely N-dealkylation sites (tertiary alicyclic amines) is 1. The molecule has 2 aromatic rings. The van der Waals surface area contributed by atoms with Gasteiger partial charge >= 0.3 is 0 Å². The van der Waals surface area contributed by atoms with E-state index in [1.807, 2.05) is 6.07 Å². The Hall–Kier alpha value is -2.20. The summed E-state index contributed by atoms with van der Waals surface area (Å²) in [4.78, 5) is 5.32. The maximum atomic E-state index is 8.45. The first-order valence-electron chi connectivity index (χ1n) is 9.50. The number of halogens is 1. The van der Waals surface area contributed by atoms with E-state index < -0.39 is 0 Å². The van der Waals surface area contributed by atoms with E-state index in [4.69, 9.17) is 21.9 Å². The zero-order valence-electron chi connectivity index (χ0n) is 15.3. The van der Waals surface area contributed by atoms with Crippen LogP contribution in [0.1, 0.15) is 24.0 Å². The number of hydrogen-bond acceptors (Lipinski definition) is 3. The molecule has 0 N–H and O–H groups in total. The number of ether oxygens (including phenoxy) is 1. The molecule has 0 spiro atoms. The van der Waals surface area contributed by atoms with Gasteiger partial charge in [0.1, 0.15) is 5.75 Å². The van der Waals surface area contributed by atoms with Crippen molar-refractivity contribution in [2.24, 2.45) is 11.0 Å². The Bertz CT molecular complexity index is 870. The van der Waals surface area contributed by atoms with Crippen LogP contribution < -0.4 is 4.74 Å². The minimum atomic E-state index is 0.520. The highest BCUT2D eigenvalue weighted by molar-refractivity contribution is 6.33. The molecule has 2 aromatic carbocycles. The average Bonchev–Trinajstić information content (AvgIpc) is 3.15. The van der Waals surface area contributed by atoms with E-state index in [0.29, 0.717) is 12.5 Å². The summed E-state index contributed by atoms with van der Waals surface area (Å²) in [5.41, 5.74) is 13.2. The van der Waals surface area contributed by atoms with E-state index in [0.717, 1.165) is 67.4 Å². The molecule has 0 unspecified atom stereocenters. The number of nitrogens with zero attached hydrogens (tertiary/aromatic N) is 4. The van der Waals surface area contributed by atoms with Crippen molar-refractivity contribution < 1.29 is 4.74 Å². The molecule has 0 radical (unpaired) electrons. The second-order valence-corrected chi connectivity index (χ2v) is 7.78. The molecule has 2 heterocycles. The van der Waals surface area contributed by atoms with Crippen molar-refractivity contribution in [1.29, 1.82) is 0 Å². The maximum absolute atomic E-state index is 8.45. The fourth-order valence-corrected chi connectivity index (χ4v) is 4.29. The number of azide groups is 1. The molecular formula is C21H23ClN4O. The van der Waals surface area contributed by atoms with E-state index >= 15 is 0 Å². The fourth-order valence-electron chi connectivity index (χ4n) is 3.98. The van der Waals surface area contributed by atoms with Crippen molar-refractivity contribution in [3.8, 4) is 16.9 Å². The summed E-state index contributed by atoms with van der Waals surface area (Å²) in [6.07, 6.45) is 3.14. The summed E-state index contributed by atoms with van der Waals surface area (Å²) in [6, 6.07) is 12.7. The van der Waals surface area contributed by atoms with Crippen LogP contribution in [0.4, 0.5) is 0 Å². The minimum Gasteiger partial charge on any atom is -0.493 e. The van der Waals surface area contributed by atoms with E-state index in [9.17, 15) is 0 Å². The van der Waals surface area contributed by atoms with Crippen LogP contribution >= 0.6 is 11.6 Å². The standard InChI is InChI=1S/C21H23ClN4O/c22-20-11-16(14-26-8-5-15(6-9-26)13-24-25-23)1-3-19(20)17-2-4-21-18(12-17)7-10-27-21/h1-4,11-12,15H,5-10,13-14H2. The van der Waals surface area contributed by atoms with E-state index in [1.165, 1.54) is 11.1 Å². The number of rotatable bonds is 5. The molecule has 4 rings (SSSR count). The summed E-state index contributed by atoms with van der Waals surface area (Å²) in [5.74, 6) is 1.52. The Kier molecular flexibility index (Phi) is 5.53. The van der Waals surface area contributed by atoms with Crippen LogP contribution in [0.3, 0.4) is 0 Å². The van der Waals surface area contributed by atoms with Crippen LogP contribution in [0, 0.1) is 5.92 Å². The number of piperidine rings is 1. The van der Waals surface area contributed by atoms with Crippen LogP contribution in [0.25, 0.3) is 21.6 Å². The average molecular weight is 383 g/mol. The highest BCUT2D eigenvalue weighted by atomic mass is 35.5. The van der Waals surface area contributed by atoms with Gasteiger partial charge in [0.2, 0.25) is 0 Å². The Balaban J connectivity index is 1.41. The van der Waals surface area contributed by atoms with Crippen molar-refractivity contribution in [2.75, 3.05) is 26.2 Å². The van der Waals surface area contributed by atoms with Crippen LogP contribution in [0.15, 0.2) is 41.5 Å². The first-order valence-corrected chi connectivity index (χ1v) is 9.88. The van der Waals surface area contributed by atoms with E-state index in [-0.39, 0.29) is 0 Å². The van der Waals surface area contributed by atoms with Gasteiger partial charge in [-0.25, -0.2) is 0 Å². The van der Waals surface area contributed by atoms with E-state index in [1.54, 1.807) is 0 Å². The molecule has 1 fully saturated rings. The summed E-state index contributed by atoms with van der Waals surface area (Å²) < 4.78 is 5.59. The van der Waals surface area contributed by atoms with Crippen LogP contribution in [-0.4, -0.2) is 31.1 Å². The Morgan fingerprint density at radius 3 is 2.81 bits per heavy atom. The minimum absolute atomic E-state index is 0.520. The lowest BCUT2D eigenvalue weighted by Gasteiger charge is -2.31. The third-order valence-electron chi connectivity index (χ3n) is 5.55. The highest BCUT2D eigenvalue weighted by Gasteiger charge is 2.19. The van der Waals surface area contributed by atoms with Gasteiger partial charge in [0.25, 0.3) is 0 Å². The summed E-state index contributed by atoms with van der Waals surface area (Å²) >= 11 is 6.62. The van der Waals surface area contributed by atoms with Gasteiger partial charge in [0.05, 0.1) is 6.61 Å². The topological polar surface area (TPSA) is 61.2 Å². The lowest BCUT2D eigenvalue weighted by molar-refractivity contribution is 0.180. The zero-order valence-corrected chi connectivity index (χ0v) is 16.0. The van der Waals surface area contributed by atoms with Gasteiger partial charge in [-0.3, -0.25) is 4.90 Å². The Morgan fingerprint density at radius 1 is 1.19 bits per heavy atom. The first kappa shape index (κ1) is 18.2. The first-order chi connectivity index (χ1) is 13.2. The summed E-state index contributed by atoms with van der Waals surface area (Å²) in [5, 5.41) is 4.51. The summed E-state index contributed by atoms with van der Waals surface area (Å²) in [7, 11) is 0. The maximum Gasteiger partial charge on any atom is 0.122 e. The van der Waals surface area contributed by atoms with E-state index in [2.05, 4.69) is 45.3 Å². The van der Waals surface area contributed by atoms with Gasteiger partial charge in [-0.1, -0.05) is 34.9 Å². The molecule has 0 saturated carbocycles. The summed E-state index contributed by atoms with van der Waals surface area (Å²) in [6.45, 7) is 4.37. The van der Waals surface area contributed by atoms with Gasteiger partial charge in [0.15, 0.2) is 0 Å². The largest absolute Gasteiger partial charge is 0.493 e. The quantitative estimate of drug-likeness (QED) is 0.391. The van der Waals surface area contributed by atoms with Crippen LogP contribution in [-0.2, 0) is 13.0 Å². The fraction of sp³-hybridized carbons (Fsp3) is 0.429. The lowest BCUT2D eigenvalue weighted by Crippen LogP contribution is -2.34. The molecule has 0 aromatic heterocycles. The number of fused-ring (bicyclic) bond motifs is 1. The van der Waals surface area contributed by atoms with Crippen molar-refractivity contribution >= 4 is 11.6 Å². The molecule has 2 aliphatic heterocycles. The monoisotopic (exact) mass is 382 g/mol. The van der Waals surface area contributed by atoms with Gasteiger partial charge in [-0.05, 0) is 72.3 Å². The predicted octanol–water partition coefficient (Wildman–Crippen LogP) is 5.46. The molecule has 0 amide bonds. The number of hydrogen-bond donors (Lipinski definition) is 0. The second kappa shape index (κ2) is 8.22. The smallest absolute Gasteiger partial charge is 0.122 e. The molecule has 0 bridgehead atoms. The van der Waals surface area contributed by atoms with Crippen molar-refractivity contribution in [1.82, 2.24) is 4.90 Å². The normalized spacial score (nSPS) is 17.2. The lowest BCUT2D eigenvalue weighted by atomic mass is 9.96. The van der Waals surface area contributed by atoms with Gasteiger partial charge in [-0.15, -0.1) is 0 Å². The van der Waals surface area contributed by atoms with Crippen LogP contribution in [0.5, 0.6) is 5.75 Å². The Morgan fingerprint density at radius 2 is 2.04 bits per heavy atom. The molecule has 1 saturated heterocycles. The molecule has 140 valence electrons. The third kappa shape index (κ3) is 4.22. The SMILES string of the molecule is [N-]=[N+]=NCC1CCN(Cc2ccc(-c3ccc4c(c3)CCO4)c(Cl)c2)CC1. The third-order valence-corrected chi connectivity index (χ3v) is 5.86. The Labute approximate surface area is 164 Å². The second-order valence-electron chi connectivity index (χ2n) is 7.37. The molecule has 27 heavy (non-hydrogen) atoms. The van der Waals surface area contributed by atoms with Crippen molar-refractivity contribution in [3.05, 3.63) is 63.0 Å². The van der Waals surface area contributed by atoms with Gasteiger partial charge < -0.3 is 4.74 Å². The molecule has 2 aliphatic rings. The molecule has 6 heteroatoms. The predicted molar refractivity (Wildman–Crippen MR) is 108 cm³/mol. The van der Waals surface area contributed by atoms with Crippen molar-refractivity contribution in [2.45, 2.75) is 25.8 Å². The van der Waals surface area contributed by atoms with Gasteiger partial charge in [-0.2, -0.15) is 0 Å². The number of benzene rings is 2. The van der Waals surface area contributed by atoms with Crippen LogP contribution in [0.2, 0.25) is 5.02 Å².